The molecule has 0 aromatic heterocycles. The van der Waals surface area contributed by atoms with Gasteiger partial charge in [-0.2, -0.15) is 0 Å². The van der Waals surface area contributed by atoms with E-state index in [2.05, 4.69) is 24.4 Å². The minimum atomic E-state index is -1.82. The number of aryl methyl sites for hydroxylation is 1. The van der Waals surface area contributed by atoms with Crippen LogP contribution in [0.5, 0.6) is 5.75 Å². The molecule has 7 heteroatoms. The predicted molar refractivity (Wildman–Crippen MR) is 85.8 cm³/mol. The standard InChI is InChI=1S/C14H23NO2.C2H2O4/c1-2-13-6-5-7-14(12-13)17-11-4-3-8-15-9-10-16;3-1(4)2(5)6/h5-7,12,15-16H,2-4,8-11H2,1H3;(H,3,4)(H,5,6). The summed E-state index contributed by atoms with van der Waals surface area (Å²) in [6, 6.07) is 8.26. The quantitative estimate of drug-likeness (QED) is 0.397. The lowest BCUT2D eigenvalue weighted by molar-refractivity contribution is -0.159. The highest BCUT2D eigenvalue weighted by molar-refractivity contribution is 6.27. The van der Waals surface area contributed by atoms with Crippen LogP contribution in [0.1, 0.15) is 25.3 Å². The summed E-state index contributed by atoms with van der Waals surface area (Å²) in [6.45, 7) is 4.73. The summed E-state index contributed by atoms with van der Waals surface area (Å²) in [4.78, 5) is 18.2. The molecule has 0 aliphatic rings. The van der Waals surface area contributed by atoms with Gasteiger partial charge >= 0.3 is 11.9 Å². The molecule has 1 aromatic rings. The third-order valence-corrected chi connectivity index (χ3v) is 2.79. The van der Waals surface area contributed by atoms with Gasteiger partial charge in [0.1, 0.15) is 5.75 Å². The molecule has 0 unspecified atom stereocenters. The van der Waals surface area contributed by atoms with Crippen LogP contribution in [0.15, 0.2) is 24.3 Å². The second-order valence-electron chi connectivity index (χ2n) is 4.64. The van der Waals surface area contributed by atoms with E-state index >= 15 is 0 Å². The van der Waals surface area contributed by atoms with E-state index in [4.69, 9.17) is 29.6 Å². The number of hydrogen-bond donors (Lipinski definition) is 4. The van der Waals surface area contributed by atoms with Crippen molar-refractivity contribution in [2.24, 2.45) is 0 Å². The molecule has 0 fully saturated rings. The Bertz CT molecular complexity index is 452. The van der Waals surface area contributed by atoms with Crippen LogP contribution in [0.25, 0.3) is 0 Å². The van der Waals surface area contributed by atoms with Gasteiger partial charge in [-0.05, 0) is 43.5 Å². The Labute approximate surface area is 135 Å². The number of unbranched alkanes of at least 4 members (excludes halogenated alkanes) is 1. The molecule has 0 aliphatic carbocycles. The van der Waals surface area contributed by atoms with Crippen LogP contribution in [0.2, 0.25) is 0 Å². The Morgan fingerprint density at radius 2 is 1.83 bits per heavy atom. The zero-order chi connectivity index (χ0) is 17.5. The lowest BCUT2D eigenvalue weighted by Gasteiger charge is -2.07. The zero-order valence-electron chi connectivity index (χ0n) is 13.3. The van der Waals surface area contributed by atoms with Gasteiger partial charge in [0.2, 0.25) is 0 Å². The minimum absolute atomic E-state index is 0.209. The molecule has 1 rings (SSSR count). The van der Waals surface area contributed by atoms with E-state index in [0.29, 0.717) is 6.54 Å². The molecule has 1 aromatic carbocycles. The van der Waals surface area contributed by atoms with E-state index < -0.39 is 11.9 Å². The summed E-state index contributed by atoms with van der Waals surface area (Å²) >= 11 is 0. The fraction of sp³-hybridized carbons (Fsp3) is 0.500. The monoisotopic (exact) mass is 327 g/mol. The highest BCUT2D eigenvalue weighted by Gasteiger charge is 2.04. The molecule has 0 saturated carbocycles. The summed E-state index contributed by atoms with van der Waals surface area (Å²) in [5, 5.41) is 26.5. The first-order chi connectivity index (χ1) is 11.0. The molecule has 0 atom stereocenters. The number of carbonyl (C=O) groups is 2. The number of benzene rings is 1. The first kappa shape index (κ1) is 20.9. The number of aliphatic hydroxyl groups is 1. The average molecular weight is 327 g/mol. The van der Waals surface area contributed by atoms with E-state index in [0.717, 1.165) is 38.2 Å². The lowest BCUT2D eigenvalue weighted by atomic mass is 10.2. The van der Waals surface area contributed by atoms with Gasteiger partial charge in [-0.1, -0.05) is 19.1 Å². The number of rotatable bonds is 9. The highest BCUT2D eigenvalue weighted by atomic mass is 16.5. The Morgan fingerprint density at radius 1 is 1.13 bits per heavy atom. The maximum absolute atomic E-state index is 9.10. The number of ether oxygens (including phenoxy) is 1. The first-order valence-electron chi connectivity index (χ1n) is 7.50. The van der Waals surface area contributed by atoms with Crippen molar-refractivity contribution in [2.75, 3.05) is 26.3 Å². The van der Waals surface area contributed by atoms with Crippen molar-refractivity contribution in [3.63, 3.8) is 0 Å². The number of carboxylic acids is 2. The molecule has 130 valence electrons. The molecule has 0 aliphatic heterocycles. The Morgan fingerprint density at radius 3 is 2.39 bits per heavy atom. The molecule has 0 saturated heterocycles. The van der Waals surface area contributed by atoms with Crippen molar-refractivity contribution < 1.29 is 29.6 Å². The minimum Gasteiger partial charge on any atom is -0.494 e. The van der Waals surface area contributed by atoms with Crippen LogP contribution in [-0.4, -0.2) is 53.6 Å². The SMILES string of the molecule is CCc1cccc(OCCCCNCCO)c1.O=C(O)C(=O)O. The van der Waals surface area contributed by atoms with E-state index in [1.807, 2.05) is 12.1 Å². The summed E-state index contributed by atoms with van der Waals surface area (Å²) in [5.74, 6) is -2.68. The predicted octanol–water partition coefficient (Wildman–Crippen LogP) is 1.15. The summed E-state index contributed by atoms with van der Waals surface area (Å²) in [6.07, 6.45) is 3.16. The van der Waals surface area contributed by atoms with Crippen LogP contribution in [0, 0.1) is 0 Å². The molecule has 23 heavy (non-hydrogen) atoms. The van der Waals surface area contributed by atoms with E-state index in [-0.39, 0.29) is 6.61 Å². The van der Waals surface area contributed by atoms with Crippen LogP contribution < -0.4 is 10.1 Å². The van der Waals surface area contributed by atoms with Crippen molar-refractivity contribution in [1.82, 2.24) is 5.32 Å². The van der Waals surface area contributed by atoms with Gasteiger partial charge in [0.25, 0.3) is 0 Å². The molecular weight excluding hydrogens is 302 g/mol. The third kappa shape index (κ3) is 12.1. The van der Waals surface area contributed by atoms with Crippen LogP contribution >= 0.6 is 0 Å². The third-order valence-electron chi connectivity index (χ3n) is 2.79. The number of aliphatic carboxylic acids is 2. The van der Waals surface area contributed by atoms with Crippen molar-refractivity contribution in [3.05, 3.63) is 29.8 Å². The van der Waals surface area contributed by atoms with Crippen LogP contribution in [-0.2, 0) is 16.0 Å². The average Bonchev–Trinajstić information content (AvgIpc) is 2.54. The molecule has 0 radical (unpaired) electrons. The normalized spacial score (nSPS) is 9.65. The molecule has 0 bridgehead atoms. The lowest BCUT2D eigenvalue weighted by Crippen LogP contribution is -2.19. The van der Waals surface area contributed by atoms with Gasteiger partial charge in [-0.3, -0.25) is 0 Å². The van der Waals surface area contributed by atoms with Gasteiger partial charge < -0.3 is 25.4 Å². The second-order valence-corrected chi connectivity index (χ2v) is 4.64. The summed E-state index contributed by atoms with van der Waals surface area (Å²) in [5.41, 5.74) is 1.31. The maximum atomic E-state index is 9.10. The smallest absolute Gasteiger partial charge is 0.414 e. The largest absolute Gasteiger partial charge is 0.494 e. The van der Waals surface area contributed by atoms with Crippen LogP contribution in [0.4, 0.5) is 0 Å². The molecule has 0 spiro atoms. The molecule has 0 heterocycles. The van der Waals surface area contributed by atoms with E-state index in [9.17, 15) is 0 Å². The van der Waals surface area contributed by atoms with Crippen molar-refractivity contribution >= 4 is 11.9 Å². The number of aliphatic hydroxyl groups excluding tert-OH is 1. The Balaban J connectivity index is 0.000000688. The molecule has 0 amide bonds. The maximum Gasteiger partial charge on any atom is 0.414 e. The number of nitrogens with one attached hydrogen (secondary N) is 1. The number of carboxylic acid groups (broad SMARTS) is 2. The fourth-order valence-corrected chi connectivity index (χ4v) is 1.60. The second kappa shape index (κ2) is 13.5. The van der Waals surface area contributed by atoms with Crippen molar-refractivity contribution in [2.45, 2.75) is 26.2 Å². The molecular formula is C16H25NO6. The summed E-state index contributed by atoms with van der Waals surface area (Å²) in [7, 11) is 0. The van der Waals surface area contributed by atoms with Crippen LogP contribution in [0.3, 0.4) is 0 Å². The Hall–Kier alpha value is -2.12. The first-order valence-corrected chi connectivity index (χ1v) is 7.50. The van der Waals surface area contributed by atoms with E-state index in [1.54, 1.807) is 0 Å². The van der Waals surface area contributed by atoms with Crippen molar-refractivity contribution in [1.29, 1.82) is 0 Å². The molecule has 7 nitrogen and oxygen atoms in total. The Kier molecular flexibility index (Phi) is 12.3. The zero-order valence-corrected chi connectivity index (χ0v) is 13.3. The number of hydrogen-bond acceptors (Lipinski definition) is 5. The van der Waals surface area contributed by atoms with Gasteiger partial charge in [-0.25, -0.2) is 9.59 Å². The van der Waals surface area contributed by atoms with Gasteiger partial charge in [0.15, 0.2) is 0 Å². The van der Waals surface area contributed by atoms with E-state index in [1.165, 1.54) is 5.56 Å². The van der Waals surface area contributed by atoms with Gasteiger partial charge in [0, 0.05) is 6.54 Å². The topological polar surface area (TPSA) is 116 Å². The molecule has 4 N–H and O–H groups in total. The highest BCUT2D eigenvalue weighted by Crippen LogP contribution is 2.13. The van der Waals surface area contributed by atoms with Gasteiger partial charge in [0.05, 0.1) is 13.2 Å². The summed E-state index contributed by atoms with van der Waals surface area (Å²) < 4.78 is 5.68. The van der Waals surface area contributed by atoms with Gasteiger partial charge in [-0.15, -0.1) is 0 Å². The van der Waals surface area contributed by atoms with Crippen molar-refractivity contribution in [3.8, 4) is 5.75 Å². The fourth-order valence-electron chi connectivity index (χ4n) is 1.60.